The SMILES string of the molecule is CN(CCCNC1CC1)Cc1cccc(Cl)c1. The van der Waals surface area contributed by atoms with Gasteiger partial charge in [0.2, 0.25) is 0 Å². The summed E-state index contributed by atoms with van der Waals surface area (Å²) in [6.45, 7) is 3.25. The number of rotatable bonds is 7. The lowest BCUT2D eigenvalue weighted by Crippen LogP contribution is -2.24. The van der Waals surface area contributed by atoms with E-state index >= 15 is 0 Å². The van der Waals surface area contributed by atoms with Crippen LogP contribution in [0.5, 0.6) is 0 Å². The minimum absolute atomic E-state index is 0.825. The summed E-state index contributed by atoms with van der Waals surface area (Å²) in [6, 6.07) is 8.93. The van der Waals surface area contributed by atoms with Crippen molar-refractivity contribution in [3.05, 3.63) is 34.9 Å². The van der Waals surface area contributed by atoms with Gasteiger partial charge in [0.05, 0.1) is 0 Å². The maximum absolute atomic E-state index is 5.97. The van der Waals surface area contributed by atoms with E-state index in [2.05, 4.69) is 23.3 Å². The molecule has 1 aliphatic rings. The van der Waals surface area contributed by atoms with Gasteiger partial charge in [0, 0.05) is 17.6 Å². The average molecular weight is 253 g/mol. The minimum atomic E-state index is 0.825. The molecule has 0 heterocycles. The van der Waals surface area contributed by atoms with Crippen LogP contribution in [0.4, 0.5) is 0 Å². The first kappa shape index (κ1) is 12.9. The van der Waals surface area contributed by atoms with Crippen LogP contribution >= 0.6 is 11.6 Å². The van der Waals surface area contributed by atoms with Gasteiger partial charge in [-0.05, 0) is 57.1 Å². The number of hydrogen-bond donors (Lipinski definition) is 1. The number of hydrogen-bond acceptors (Lipinski definition) is 2. The fourth-order valence-corrected chi connectivity index (χ4v) is 2.18. The van der Waals surface area contributed by atoms with Gasteiger partial charge >= 0.3 is 0 Å². The fraction of sp³-hybridized carbons (Fsp3) is 0.571. The molecule has 0 saturated heterocycles. The van der Waals surface area contributed by atoms with Crippen LogP contribution < -0.4 is 5.32 Å². The predicted octanol–water partition coefficient (Wildman–Crippen LogP) is 2.91. The molecule has 1 aromatic carbocycles. The molecular formula is C14H21ClN2. The van der Waals surface area contributed by atoms with Gasteiger partial charge in [-0.15, -0.1) is 0 Å². The zero-order valence-electron chi connectivity index (χ0n) is 10.5. The summed E-state index contributed by atoms with van der Waals surface area (Å²) < 4.78 is 0. The van der Waals surface area contributed by atoms with Gasteiger partial charge in [-0.1, -0.05) is 23.7 Å². The van der Waals surface area contributed by atoms with E-state index in [4.69, 9.17) is 11.6 Å². The van der Waals surface area contributed by atoms with Gasteiger partial charge in [0.1, 0.15) is 0 Å². The molecule has 1 saturated carbocycles. The Morgan fingerprint density at radius 2 is 2.24 bits per heavy atom. The highest BCUT2D eigenvalue weighted by Gasteiger charge is 2.19. The summed E-state index contributed by atoms with van der Waals surface area (Å²) in [7, 11) is 2.16. The van der Waals surface area contributed by atoms with Crippen LogP contribution in [-0.2, 0) is 6.54 Å². The van der Waals surface area contributed by atoms with Crippen LogP contribution in [0.25, 0.3) is 0 Å². The molecule has 1 fully saturated rings. The Bertz CT molecular complexity index is 350. The third-order valence-electron chi connectivity index (χ3n) is 3.07. The molecule has 1 aliphatic carbocycles. The molecule has 0 aromatic heterocycles. The Hall–Kier alpha value is -0.570. The third-order valence-corrected chi connectivity index (χ3v) is 3.30. The van der Waals surface area contributed by atoms with Crippen molar-refractivity contribution < 1.29 is 0 Å². The molecule has 0 amide bonds. The van der Waals surface area contributed by atoms with E-state index in [9.17, 15) is 0 Å². The van der Waals surface area contributed by atoms with Crippen LogP contribution in [-0.4, -0.2) is 31.1 Å². The number of halogens is 1. The van der Waals surface area contributed by atoms with Crippen molar-refractivity contribution in [2.75, 3.05) is 20.1 Å². The molecule has 3 heteroatoms. The quantitative estimate of drug-likeness (QED) is 0.751. The predicted molar refractivity (Wildman–Crippen MR) is 73.4 cm³/mol. The Labute approximate surface area is 109 Å². The number of nitrogens with zero attached hydrogens (tertiary/aromatic N) is 1. The summed E-state index contributed by atoms with van der Waals surface area (Å²) in [4.78, 5) is 2.35. The van der Waals surface area contributed by atoms with Crippen LogP contribution in [0.2, 0.25) is 5.02 Å². The maximum Gasteiger partial charge on any atom is 0.0409 e. The molecule has 2 rings (SSSR count). The first-order valence-corrected chi connectivity index (χ1v) is 6.78. The molecular weight excluding hydrogens is 232 g/mol. The third kappa shape index (κ3) is 5.07. The summed E-state index contributed by atoms with van der Waals surface area (Å²) >= 11 is 5.97. The standard InChI is InChI=1S/C14H21ClN2/c1-17(9-3-8-16-14-6-7-14)11-12-4-2-5-13(15)10-12/h2,4-5,10,14,16H,3,6-9,11H2,1H3. The van der Waals surface area contributed by atoms with Crippen molar-refractivity contribution in [1.82, 2.24) is 10.2 Å². The van der Waals surface area contributed by atoms with Gasteiger partial charge in [0.15, 0.2) is 0 Å². The molecule has 0 spiro atoms. The smallest absolute Gasteiger partial charge is 0.0409 e. The topological polar surface area (TPSA) is 15.3 Å². The largest absolute Gasteiger partial charge is 0.314 e. The van der Waals surface area contributed by atoms with E-state index in [1.54, 1.807) is 0 Å². The van der Waals surface area contributed by atoms with E-state index in [1.165, 1.54) is 24.8 Å². The van der Waals surface area contributed by atoms with Crippen LogP contribution in [0.1, 0.15) is 24.8 Å². The fourth-order valence-electron chi connectivity index (χ4n) is 1.97. The summed E-state index contributed by atoms with van der Waals surface area (Å²) in [5.41, 5.74) is 1.29. The monoisotopic (exact) mass is 252 g/mol. The van der Waals surface area contributed by atoms with E-state index < -0.39 is 0 Å². The van der Waals surface area contributed by atoms with Crippen LogP contribution in [0.3, 0.4) is 0 Å². The summed E-state index contributed by atoms with van der Waals surface area (Å²) in [5.74, 6) is 0. The van der Waals surface area contributed by atoms with Crippen molar-refractivity contribution >= 4 is 11.6 Å². The van der Waals surface area contributed by atoms with Gasteiger partial charge in [-0.2, -0.15) is 0 Å². The summed E-state index contributed by atoms with van der Waals surface area (Å²) in [5, 5.41) is 4.36. The Morgan fingerprint density at radius 1 is 1.41 bits per heavy atom. The molecule has 0 unspecified atom stereocenters. The van der Waals surface area contributed by atoms with Crippen molar-refractivity contribution in [2.24, 2.45) is 0 Å². The van der Waals surface area contributed by atoms with E-state index in [0.29, 0.717) is 0 Å². The lowest BCUT2D eigenvalue weighted by molar-refractivity contribution is 0.319. The van der Waals surface area contributed by atoms with Crippen molar-refractivity contribution in [3.8, 4) is 0 Å². The average Bonchev–Trinajstić information content (AvgIpc) is 3.08. The van der Waals surface area contributed by atoms with Gasteiger partial charge in [-0.25, -0.2) is 0 Å². The van der Waals surface area contributed by atoms with Gasteiger partial charge < -0.3 is 10.2 Å². The molecule has 0 radical (unpaired) electrons. The maximum atomic E-state index is 5.97. The van der Waals surface area contributed by atoms with E-state index in [0.717, 1.165) is 30.7 Å². The second-order valence-electron chi connectivity index (χ2n) is 4.95. The molecule has 0 bridgehead atoms. The molecule has 17 heavy (non-hydrogen) atoms. The zero-order chi connectivity index (χ0) is 12.1. The Morgan fingerprint density at radius 3 is 2.94 bits per heavy atom. The molecule has 0 atom stereocenters. The number of benzene rings is 1. The molecule has 94 valence electrons. The molecule has 0 aliphatic heterocycles. The van der Waals surface area contributed by atoms with Gasteiger partial charge in [-0.3, -0.25) is 0 Å². The summed E-state index contributed by atoms with van der Waals surface area (Å²) in [6.07, 6.45) is 3.96. The zero-order valence-corrected chi connectivity index (χ0v) is 11.2. The molecule has 2 nitrogen and oxygen atoms in total. The normalized spacial score (nSPS) is 15.5. The van der Waals surface area contributed by atoms with Gasteiger partial charge in [0.25, 0.3) is 0 Å². The first-order valence-electron chi connectivity index (χ1n) is 6.40. The van der Waals surface area contributed by atoms with Crippen molar-refractivity contribution in [1.29, 1.82) is 0 Å². The highest BCUT2D eigenvalue weighted by molar-refractivity contribution is 6.30. The second kappa shape index (κ2) is 6.39. The Kier molecular flexibility index (Phi) is 4.84. The molecule has 1 N–H and O–H groups in total. The first-order chi connectivity index (χ1) is 8.24. The van der Waals surface area contributed by atoms with Crippen LogP contribution in [0.15, 0.2) is 24.3 Å². The van der Waals surface area contributed by atoms with Crippen LogP contribution in [0, 0.1) is 0 Å². The number of nitrogens with one attached hydrogen (secondary N) is 1. The molecule has 1 aromatic rings. The van der Waals surface area contributed by atoms with E-state index in [-0.39, 0.29) is 0 Å². The van der Waals surface area contributed by atoms with Crippen molar-refractivity contribution in [3.63, 3.8) is 0 Å². The minimum Gasteiger partial charge on any atom is -0.314 e. The highest BCUT2D eigenvalue weighted by Crippen LogP contribution is 2.18. The van der Waals surface area contributed by atoms with Crippen molar-refractivity contribution in [2.45, 2.75) is 31.8 Å². The Balaban J connectivity index is 1.63. The highest BCUT2D eigenvalue weighted by atomic mass is 35.5. The lowest BCUT2D eigenvalue weighted by atomic mass is 10.2. The second-order valence-corrected chi connectivity index (χ2v) is 5.39. The van der Waals surface area contributed by atoms with E-state index in [1.807, 2.05) is 18.2 Å². The lowest BCUT2D eigenvalue weighted by Gasteiger charge is -2.16.